The third-order valence-electron chi connectivity index (χ3n) is 12.0. The van der Waals surface area contributed by atoms with Gasteiger partial charge >= 0.3 is 0 Å². The van der Waals surface area contributed by atoms with Gasteiger partial charge in [-0.15, -0.1) is 0 Å². The van der Waals surface area contributed by atoms with Gasteiger partial charge in [-0.3, -0.25) is 19.2 Å². The van der Waals surface area contributed by atoms with Crippen LogP contribution in [0.15, 0.2) is 127 Å². The van der Waals surface area contributed by atoms with Crippen LogP contribution >= 0.6 is 0 Å². The van der Waals surface area contributed by atoms with Crippen molar-refractivity contribution in [2.45, 2.75) is 41.5 Å². The molecular weight excluding hydrogens is 731 g/mol. The summed E-state index contributed by atoms with van der Waals surface area (Å²) in [5.74, 6) is -1.33. The molecule has 2 heterocycles. The van der Waals surface area contributed by atoms with Crippen LogP contribution in [0.3, 0.4) is 0 Å². The fraction of sp³-hybridized carbons (Fsp3) is 0.115. The molecule has 2 aliphatic heterocycles. The van der Waals surface area contributed by atoms with Crippen molar-refractivity contribution < 1.29 is 19.2 Å². The molecule has 0 aliphatic carbocycles. The lowest BCUT2D eigenvalue weighted by molar-refractivity contribution is 0.0910. The summed E-state index contributed by atoms with van der Waals surface area (Å²) in [7, 11) is 0. The number of anilines is 3. The van der Waals surface area contributed by atoms with E-state index in [0.717, 1.165) is 77.9 Å². The zero-order valence-electron chi connectivity index (χ0n) is 33.7. The second-order valence-electron chi connectivity index (χ2n) is 15.8. The van der Waals surface area contributed by atoms with Crippen molar-refractivity contribution in [2.75, 3.05) is 15.5 Å². The summed E-state index contributed by atoms with van der Waals surface area (Å²) in [6.45, 7) is 12.2. The van der Waals surface area contributed by atoms with Crippen molar-refractivity contribution in [3.63, 3.8) is 0 Å². The molecule has 2 N–H and O–H groups in total. The van der Waals surface area contributed by atoms with E-state index in [1.807, 2.05) is 125 Å². The van der Waals surface area contributed by atoms with Gasteiger partial charge in [0.1, 0.15) is 0 Å². The molecule has 7 nitrogen and oxygen atoms in total. The summed E-state index contributed by atoms with van der Waals surface area (Å²) in [5, 5.41) is 0. The molecule has 2 aliphatic rings. The van der Waals surface area contributed by atoms with Crippen molar-refractivity contribution in [2.24, 2.45) is 0 Å². The summed E-state index contributed by atoms with van der Waals surface area (Å²) in [6, 6.07) is 40.3. The van der Waals surface area contributed by atoms with Crippen molar-refractivity contribution in [3.05, 3.63) is 183 Å². The highest BCUT2D eigenvalue weighted by Gasteiger charge is 2.39. The number of nitrogens with zero attached hydrogens (tertiary/aromatic N) is 2. The fourth-order valence-electron chi connectivity index (χ4n) is 8.54. The molecule has 0 fully saturated rings. The Kier molecular flexibility index (Phi) is 8.78. The normalized spacial score (nSPS) is 13.4. The van der Waals surface area contributed by atoms with E-state index in [0.29, 0.717) is 39.3 Å². The van der Waals surface area contributed by atoms with Gasteiger partial charge in [0.15, 0.2) is 0 Å². The minimum atomic E-state index is -0.342. The number of aryl methyl sites for hydroxylation is 4. The Balaban J connectivity index is 0.981. The average Bonchev–Trinajstić information content (AvgIpc) is 3.63. The number of benzene rings is 7. The van der Waals surface area contributed by atoms with E-state index in [9.17, 15) is 19.2 Å². The Morgan fingerprint density at radius 2 is 0.797 bits per heavy atom. The molecular formula is C52H41N3O4. The van der Waals surface area contributed by atoms with Gasteiger partial charge in [-0.2, -0.15) is 0 Å². The summed E-state index contributed by atoms with van der Waals surface area (Å²) >= 11 is 0. The second-order valence-corrected chi connectivity index (χ2v) is 15.8. The summed E-state index contributed by atoms with van der Waals surface area (Å²) < 4.78 is 0. The van der Waals surface area contributed by atoms with E-state index < -0.39 is 0 Å². The zero-order chi connectivity index (χ0) is 41.4. The third-order valence-corrected chi connectivity index (χ3v) is 12.0. The Morgan fingerprint density at radius 3 is 1.37 bits per heavy atom. The van der Waals surface area contributed by atoms with Gasteiger partial charge in [-0.25, -0.2) is 9.80 Å². The quantitative estimate of drug-likeness (QED) is 0.134. The molecule has 0 saturated carbocycles. The van der Waals surface area contributed by atoms with Crippen LogP contribution in [-0.4, -0.2) is 23.6 Å². The lowest BCUT2D eigenvalue weighted by atomic mass is 9.87. The Bertz CT molecular complexity index is 2980. The number of nitrogen functional groups attached to an aromatic ring is 1. The van der Waals surface area contributed by atoms with Crippen LogP contribution in [0.5, 0.6) is 0 Å². The molecule has 7 aromatic rings. The molecule has 9 rings (SSSR count). The molecule has 0 spiro atoms. The average molecular weight is 772 g/mol. The van der Waals surface area contributed by atoms with Gasteiger partial charge in [-0.05, 0) is 168 Å². The molecule has 0 aromatic heterocycles. The van der Waals surface area contributed by atoms with Crippen LogP contribution in [0.4, 0.5) is 17.1 Å². The Morgan fingerprint density at radius 1 is 0.356 bits per heavy atom. The number of fused-ring (bicyclic) bond motifs is 2. The van der Waals surface area contributed by atoms with Crippen LogP contribution < -0.4 is 15.5 Å². The highest BCUT2D eigenvalue weighted by molar-refractivity contribution is 6.35. The van der Waals surface area contributed by atoms with Crippen LogP contribution in [0.25, 0.3) is 44.5 Å². The Hall–Kier alpha value is -7.38. The van der Waals surface area contributed by atoms with E-state index in [1.54, 1.807) is 18.2 Å². The predicted molar refractivity (Wildman–Crippen MR) is 236 cm³/mol. The number of hydrogen-bond acceptors (Lipinski definition) is 5. The van der Waals surface area contributed by atoms with Crippen molar-refractivity contribution in [1.29, 1.82) is 0 Å². The number of carbonyl (C=O) groups excluding carboxylic acids is 4. The molecule has 0 bridgehead atoms. The molecule has 288 valence electrons. The SMILES string of the molecule is Cc1ccc(-c2ccc3c(c2)C(=O)N(c2ccc(-c4cc(C)c(-c5ccc(N6C(=O)c7ccc(-c8ccc(N)cc8)cc7C6=O)c(C)c5C)cc4C)c(C)c2)C3=O)cc1. The number of amides is 4. The third kappa shape index (κ3) is 6.05. The Labute approximate surface area is 343 Å². The van der Waals surface area contributed by atoms with Crippen molar-refractivity contribution in [3.8, 4) is 44.5 Å². The monoisotopic (exact) mass is 771 g/mol. The summed E-state index contributed by atoms with van der Waals surface area (Å²) in [6.07, 6.45) is 0. The minimum absolute atomic E-state index is 0.327. The largest absolute Gasteiger partial charge is 0.399 e. The van der Waals surface area contributed by atoms with Gasteiger partial charge in [0.05, 0.1) is 33.6 Å². The van der Waals surface area contributed by atoms with E-state index in [-0.39, 0.29) is 23.6 Å². The first kappa shape index (κ1) is 37.2. The maximum Gasteiger partial charge on any atom is 0.266 e. The van der Waals surface area contributed by atoms with Gasteiger partial charge in [0.2, 0.25) is 0 Å². The number of carbonyl (C=O) groups is 4. The van der Waals surface area contributed by atoms with E-state index >= 15 is 0 Å². The topological polar surface area (TPSA) is 101 Å². The molecule has 0 radical (unpaired) electrons. The van der Waals surface area contributed by atoms with Gasteiger partial charge in [-0.1, -0.05) is 78.4 Å². The highest BCUT2D eigenvalue weighted by atomic mass is 16.2. The number of hydrogen-bond donors (Lipinski definition) is 1. The maximum absolute atomic E-state index is 13.9. The maximum atomic E-state index is 13.9. The van der Waals surface area contributed by atoms with Crippen LogP contribution in [0.1, 0.15) is 74.8 Å². The standard InChI is InChI=1S/C52H41N3O4/c1-28-7-9-34(10-8-28)36-13-18-42-46(26-36)51(58)54(49(42)56)39-17-20-40(29(2)23-39)44-24-31(4)45(25-30(44)3)41-21-22-48(33(6)32(41)5)55-50(57)43-19-14-37(27-47(43)52(55)59)35-11-15-38(53)16-12-35/h7-27H,53H2,1-6H3. The fourth-order valence-corrected chi connectivity index (χ4v) is 8.54. The number of nitrogens with two attached hydrogens (primary N) is 1. The molecule has 59 heavy (non-hydrogen) atoms. The first-order chi connectivity index (χ1) is 28.3. The zero-order valence-corrected chi connectivity index (χ0v) is 33.7. The van der Waals surface area contributed by atoms with Gasteiger partial charge < -0.3 is 5.73 Å². The lowest BCUT2D eigenvalue weighted by Gasteiger charge is -2.22. The number of rotatable bonds is 6. The van der Waals surface area contributed by atoms with E-state index in [2.05, 4.69) is 26.0 Å². The smallest absolute Gasteiger partial charge is 0.266 e. The van der Waals surface area contributed by atoms with Crippen LogP contribution in [0, 0.1) is 41.5 Å². The number of imide groups is 2. The minimum Gasteiger partial charge on any atom is -0.399 e. The molecule has 7 heteroatoms. The van der Waals surface area contributed by atoms with E-state index in [1.165, 1.54) is 9.80 Å². The van der Waals surface area contributed by atoms with E-state index in [4.69, 9.17) is 5.73 Å². The van der Waals surface area contributed by atoms with Gasteiger partial charge in [0.25, 0.3) is 23.6 Å². The second kappa shape index (κ2) is 13.9. The van der Waals surface area contributed by atoms with Gasteiger partial charge in [0, 0.05) is 5.69 Å². The van der Waals surface area contributed by atoms with Crippen molar-refractivity contribution in [1.82, 2.24) is 0 Å². The van der Waals surface area contributed by atoms with Crippen LogP contribution in [-0.2, 0) is 0 Å². The molecule has 0 saturated heterocycles. The van der Waals surface area contributed by atoms with Crippen molar-refractivity contribution >= 4 is 40.7 Å². The highest BCUT2D eigenvalue weighted by Crippen LogP contribution is 2.41. The predicted octanol–water partition coefficient (Wildman–Crippen LogP) is 11.4. The first-order valence-corrected chi connectivity index (χ1v) is 19.6. The van der Waals surface area contributed by atoms with Crippen LogP contribution in [0.2, 0.25) is 0 Å². The summed E-state index contributed by atoms with van der Waals surface area (Å²) in [4.78, 5) is 57.5. The lowest BCUT2D eigenvalue weighted by Crippen LogP contribution is -2.30. The molecule has 0 atom stereocenters. The molecule has 4 amide bonds. The summed E-state index contributed by atoms with van der Waals surface area (Å²) in [5.41, 5.74) is 23.0. The molecule has 0 unspecified atom stereocenters. The molecule has 7 aromatic carbocycles. The first-order valence-electron chi connectivity index (χ1n) is 19.6.